The van der Waals surface area contributed by atoms with Gasteiger partial charge in [0, 0.05) is 6.92 Å². The van der Waals surface area contributed by atoms with Crippen molar-refractivity contribution in [3.05, 3.63) is 0 Å². The Hall–Kier alpha value is -0.470. The summed E-state index contributed by atoms with van der Waals surface area (Å²) in [6.07, 6.45) is 2.22. The van der Waals surface area contributed by atoms with Gasteiger partial charge in [-0.2, -0.15) is 0 Å². The summed E-state index contributed by atoms with van der Waals surface area (Å²) in [4.78, 5) is 10.3. The minimum absolute atomic E-state index is 0.177. The number of carbonyl (C=O) groups is 1. The third kappa shape index (κ3) is 9.44. The van der Waals surface area contributed by atoms with Gasteiger partial charge >= 0.3 is 14.0 Å². The van der Waals surface area contributed by atoms with Crippen LogP contribution in [0, 0.1) is 0 Å². The van der Waals surface area contributed by atoms with Crippen molar-refractivity contribution in [2.45, 2.75) is 26.7 Å². The van der Waals surface area contributed by atoms with E-state index in [1.165, 1.54) is 6.92 Å². The summed E-state index contributed by atoms with van der Waals surface area (Å²) in [6, 6.07) is 0. The molecule has 13 heavy (non-hydrogen) atoms. The van der Waals surface area contributed by atoms with Gasteiger partial charge in [0.25, 0.3) is 0 Å². The summed E-state index contributed by atoms with van der Waals surface area (Å²) in [5, 5.41) is 0. The maximum absolute atomic E-state index is 11.0. The smallest absolute Gasteiger partial charge is 0.461 e. The van der Waals surface area contributed by atoms with Crippen molar-refractivity contribution in [3.8, 4) is 0 Å². The van der Waals surface area contributed by atoms with Gasteiger partial charge in [0.05, 0.1) is 0 Å². The molecule has 1 unspecified atom stereocenters. The Morgan fingerprint density at radius 1 is 1.38 bits per heavy atom. The van der Waals surface area contributed by atoms with Gasteiger partial charge in [0.1, 0.15) is 13.2 Å². The zero-order chi connectivity index (χ0) is 10.1. The van der Waals surface area contributed by atoms with Crippen molar-refractivity contribution >= 4 is 14.0 Å². The lowest BCUT2D eigenvalue weighted by Crippen LogP contribution is -2.03. The Balaban J connectivity index is 3.25. The second-order valence-electron chi connectivity index (χ2n) is 2.58. The molecule has 0 aromatic carbocycles. The Labute approximate surface area is 79.5 Å². The number of carbonyl (C=O) groups excluding carboxylic acids is 1. The SMILES string of the molecule is CCCCO[P+](=O)CCOC(C)=O. The van der Waals surface area contributed by atoms with E-state index in [9.17, 15) is 9.36 Å². The van der Waals surface area contributed by atoms with Crippen LogP contribution in [0.25, 0.3) is 0 Å². The van der Waals surface area contributed by atoms with Crippen molar-refractivity contribution in [2.24, 2.45) is 0 Å². The first-order valence-electron chi connectivity index (χ1n) is 4.37. The molecule has 4 nitrogen and oxygen atoms in total. The number of hydrogen-bond acceptors (Lipinski definition) is 4. The highest BCUT2D eigenvalue weighted by molar-refractivity contribution is 7.39. The summed E-state index contributed by atoms with van der Waals surface area (Å²) in [5.74, 6) is -0.350. The molecule has 0 fully saturated rings. The molecule has 1 atom stereocenters. The van der Waals surface area contributed by atoms with E-state index < -0.39 is 8.03 Å². The predicted molar refractivity (Wildman–Crippen MR) is 50.0 cm³/mol. The third-order valence-electron chi connectivity index (χ3n) is 1.31. The van der Waals surface area contributed by atoms with Crippen LogP contribution < -0.4 is 0 Å². The number of hydrogen-bond donors (Lipinski definition) is 0. The number of unbranched alkanes of at least 4 members (excludes halogenated alkanes) is 1. The number of esters is 1. The van der Waals surface area contributed by atoms with Crippen molar-refractivity contribution in [2.75, 3.05) is 19.4 Å². The highest BCUT2D eigenvalue weighted by Gasteiger charge is 2.16. The van der Waals surface area contributed by atoms with Crippen molar-refractivity contribution in [3.63, 3.8) is 0 Å². The largest absolute Gasteiger partial charge is 0.511 e. The van der Waals surface area contributed by atoms with E-state index in [4.69, 9.17) is 4.52 Å². The summed E-state index contributed by atoms with van der Waals surface area (Å²) < 4.78 is 20.6. The normalized spacial score (nSPS) is 11.1. The van der Waals surface area contributed by atoms with Crippen LogP contribution in [0.5, 0.6) is 0 Å². The van der Waals surface area contributed by atoms with E-state index in [1.807, 2.05) is 6.92 Å². The Morgan fingerprint density at radius 2 is 2.08 bits per heavy atom. The molecule has 0 amide bonds. The van der Waals surface area contributed by atoms with E-state index in [0.717, 1.165) is 12.8 Å². The molecule has 5 heteroatoms. The molecule has 0 rings (SSSR count). The molecule has 0 N–H and O–H groups in total. The summed E-state index contributed by atoms with van der Waals surface area (Å²) >= 11 is 0. The molecule has 0 saturated carbocycles. The van der Waals surface area contributed by atoms with Gasteiger partial charge in [-0.25, -0.2) is 0 Å². The molecular formula is C8H16O4P+. The Kier molecular flexibility index (Phi) is 7.85. The molecule has 0 aliphatic carbocycles. The lowest BCUT2D eigenvalue weighted by atomic mass is 10.4. The lowest BCUT2D eigenvalue weighted by molar-refractivity contribution is -0.140. The molecule has 0 aromatic rings. The standard InChI is InChI=1S/C8H16O4P/c1-3-4-5-12-13(10)7-6-11-8(2)9/h3-7H2,1-2H3/q+1. The van der Waals surface area contributed by atoms with Crippen LogP contribution in [0.1, 0.15) is 26.7 Å². The maximum Gasteiger partial charge on any atom is 0.511 e. The molecule has 0 heterocycles. The molecular weight excluding hydrogens is 191 g/mol. The number of rotatable bonds is 7. The van der Waals surface area contributed by atoms with E-state index >= 15 is 0 Å². The van der Waals surface area contributed by atoms with Crippen LogP contribution >= 0.6 is 8.03 Å². The maximum atomic E-state index is 11.0. The average Bonchev–Trinajstić information content (AvgIpc) is 2.04. The molecule has 0 aliphatic heterocycles. The molecule has 0 radical (unpaired) electrons. The minimum atomic E-state index is -1.65. The lowest BCUT2D eigenvalue weighted by Gasteiger charge is -1.94. The van der Waals surface area contributed by atoms with E-state index in [0.29, 0.717) is 12.8 Å². The van der Waals surface area contributed by atoms with Gasteiger partial charge in [-0.05, 0) is 11.0 Å². The minimum Gasteiger partial charge on any atom is -0.461 e. The molecule has 0 saturated heterocycles. The molecule has 0 bridgehead atoms. The highest BCUT2D eigenvalue weighted by atomic mass is 31.1. The topological polar surface area (TPSA) is 52.6 Å². The average molecular weight is 207 g/mol. The van der Waals surface area contributed by atoms with E-state index in [-0.39, 0.29) is 12.6 Å². The van der Waals surface area contributed by atoms with Gasteiger partial charge in [-0.3, -0.25) is 4.79 Å². The van der Waals surface area contributed by atoms with E-state index in [1.54, 1.807) is 0 Å². The van der Waals surface area contributed by atoms with Crippen LogP contribution in [0.4, 0.5) is 0 Å². The summed E-state index contributed by atoms with van der Waals surface area (Å²) in [6.45, 7) is 4.06. The van der Waals surface area contributed by atoms with Crippen LogP contribution in [-0.2, 0) is 18.6 Å². The molecule has 76 valence electrons. The van der Waals surface area contributed by atoms with E-state index in [2.05, 4.69) is 4.74 Å². The van der Waals surface area contributed by atoms with Crippen molar-refractivity contribution in [1.29, 1.82) is 0 Å². The van der Waals surface area contributed by atoms with Crippen LogP contribution in [-0.4, -0.2) is 25.3 Å². The fourth-order valence-corrected chi connectivity index (χ4v) is 1.34. The Morgan fingerprint density at radius 3 is 2.62 bits per heavy atom. The molecule has 0 spiro atoms. The monoisotopic (exact) mass is 207 g/mol. The first-order valence-corrected chi connectivity index (χ1v) is 5.74. The van der Waals surface area contributed by atoms with Crippen molar-refractivity contribution in [1.82, 2.24) is 0 Å². The van der Waals surface area contributed by atoms with Gasteiger partial charge in [0.2, 0.25) is 6.16 Å². The van der Waals surface area contributed by atoms with Crippen LogP contribution in [0.3, 0.4) is 0 Å². The summed E-state index contributed by atoms with van der Waals surface area (Å²) in [7, 11) is -1.65. The summed E-state index contributed by atoms with van der Waals surface area (Å²) in [5.41, 5.74) is 0. The van der Waals surface area contributed by atoms with Gasteiger partial charge in [0.15, 0.2) is 0 Å². The first kappa shape index (κ1) is 12.5. The zero-order valence-corrected chi connectivity index (χ0v) is 9.01. The van der Waals surface area contributed by atoms with Gasteiger partial charge < -0.3 is 4.74 Å². The van der Waals surface area contributed by atoms with Crippen molar-refractivity contribution < 1.29 is 18.6 Å². The quantitative estimate of drug-likeness (QED) is 0.364. The second-order valence-corrected chi connectivity index (χ2v) is 3.95. The first-order chi connectivity index (χ1) is 6.16. The predicted octanol–water partition coefficient (Wildman–Crippen LogP) is 2.11. The third-order valence-corrected chi connectivity index (χ3v) is 2.33. The Bertz CT molecular complexity index is 170. The molecule has 0 aliphatic rings. The molecule has 0 aromatic heterocycles. The zero-order valence-electron chi connectivity index (χ0n) is 8.12. The van der Waals surface area contributed by atoms with Crippen LogP contribution in [0.2, 0.25) is 0 Å². The van der Waals surface area contributed by atoms with Crippen LogP contribution in [0.15, 0.2) is 0 Å². The number of ether oxygens (including phenoxy) is 1. The fourth-order valence-electron chi connectivity index (χ4n) is 0.639. The fraction of sp³-hybridized carbons (Fsp3) is 0.875. The highest BCUT2D eigenvalue weighted by Crippen LogP contribution is 2.21. The van der Waals surface area contributed by atoms with Gasteiger partial charge in [-0.15, -0.1) is 4.52 Å². The van der Waals surface area contributed by atoms with Gasteiger partial charge in [-0.1, -0.05) is 13.3 Å². The second kappa shape index (κ2) is 8.14.